The molecule has 44 heavy (non-hydrogen) atoms. The minimum absolute atomic E-state index is 0.174. The zero-order valence-electron chi connectivity index (χ0n) is 28.1. The van der Waals surface area contributed by atoms with E-state index in [-0.39, 0.29) is 17.4 Å². The average molecular weight is 648 g/mol. The highest BCUT2D eigenvalue weighted by molar-refractivity contribution is 6.58. The van der Waals surface area contributed by atoms with Crippen LogP contribution >= 0.6 is 11.6 Å². The predicted octanol–water partition coefficient (Wildman–Crippen LogP) is 5.94. The van der Waals surface area contributed by atoms with Crippen LogP contribution in [-0.4, -0.2) is 76.6 Å². The van der Waals surface area contributed by atoms with Gasteiger partial charge in [0, 0.05) is 11.4 Å². The van der Waals surface area contributed by atoms with Crippen LogP contribution in [0, 0.1) is 0 Å². The van der Waals surface area contributed by atoms with Gasteiger partial charge in [0.05, 0.1) is 45.1 Å². The summed E-state index contributed by atoms with van der Waals surface area (Å²) >= 11 is 6.03. The number of halogens is 1. The van der Waals surface area contributed by atoms with Gasteiger partial charge in [0.25, 0.3) is 0 Å². The third kappa shape index (κ3) is 8.10. The molecular weight excluding hydrogens is 598 g/mol. The lowest BCUT2D eigenvalue weighted by molar-refractivity contribution is -0.174. The van der Waals surface area contributed by atoms with Crippen molar-refractivity contribution in [1.29, 1.82) is 0 Å². The molecule has 0 aliphatic carbocycles. The predicted molar refractivity (Wildman–Crippen MR) is 177 cm³/mol. The smallest absolute Gasteiger partial charge is 0.320 e. The van der Waals surface area contributed by atoms with E-state index in [1.165, 1.54) is 0 Å². The van der Waals surface area contributed by atoms with Crippen LogP contribution in [0.25, 0.3) is 11.2 Å². The van der Waals surface area contributed by atoms with Gasteiger partial charge in [-0.3, -0.25) is 4.57 Å². The standard InChI is InChI=1S/C32H50ClN5O5Si/c1-29(2,3)40-18-22-24(42-30(4,5)6)25(43-31(7,8)9)32(41-22,44(10)11)38-19-35-23-26(34)36-28(37-27(23)38)39-17-16-20-12-14-21(33)15-13-20/h12-15,19,22,24-25,44H,16-18H2,1-11H3,(H2,34,36,37)/t22-,24-,25-,32+/m1/s1. The van der Waals surface area contributed by atoms with E-state index in [0.717, 1.165) is 5.56 Å². The van der Waals surface area contributed by atoms with Gasteiger partial charge >= 0.3 is 6.01 Å². The van der Waals surface area contributed by atoms with Gasteiger partial charge in [-0.2, -0.15) is 9.97 Å². The van der Waals surface area contributed by atoms with Crippen molar-refractivity contribution in [3.05, 3.63) is 41.2 Å². The van der Waals surface area contributed by atoms with Crippen molar-refractivity contribution in [3.8, 4) is 6.01 Å². The first-order chi connectivity index (χ1) is 20.3. The van der Waals surface area contributed by atoms with Gasteiger partial charge in [0.2, 0.25) is 0 Å². The molecule has 0 spiro atoms. The lowest BCUT2D eigenvalue weighted by Gasteiger charge is -2.42. The zero-order valence-corrected chi connectivity index (χ0v) is 30.0. The molecule has 1 fully saturated rings. The summed E-state index contributed by atoms with van der Waals surface area (Å²) in [5, 5.41) is -0.247. The molecule has 2 aromatic heterocycles. The summed E-state index contributed by atoms with van der Waals surface area (Å²) in [6.45, 7) is 23.6. The van der Waals surface area contributed by atoms with Crippen LogP contribution < -0.4 is 10.5 Å². The number of hydrogen-bond acceptors (Lipinski definition) is 9. The second-order valence-corrected chi connectivity index (χ2v) is 18.3. The van der Waals surface area contributed by atoms with Crippen molar-refractivity contribution >= 4 is 37.4 Å². The van der Waals surface area contributed by atoms with Crippen LogP contribution in [0.15, 0.2) is 30.6 Å². The van der Waals surface area contributed by atoms with Gasteiger partial charge in [-0.15, -0.1) is 0 Å². The fourth-order valence-electron chi connectivity index (χ4n) is 5.42. The second-order valence-electron chi connectivity index (χ2n) is 14.7. The minimum atomic E-state index is -1.83. The van der Waals surface area contributed by atoms with Crippen LogP contribution in [-0.2, 0) is 30.7 Å². The Balaban J connectivity index is 1.79. The Morgan fingerprint density at radius 2 is 1.59 bits per heavy atom. The molecule has 1 saturated heterocycles. The van der Waals surface area contributed by atoms with Crippen molar-refractivity contribution in [2.45, 2.75) is 122 Å². The molecule has 1 aromatic carbocycles. The summed E-state index contributed by atoms with van der Waals surface area (Å²) < 4.78 is 35.1. The largest absolute Gasteiger partial charge is 0.463 e. The highest BCUT2D eigenvalue weighted by Gasteiger charge is 2.62. The molecule has 4 atom stereocenters. The normalized spacial score (nSPS) is 23.2. The van der Waals surface area contributed by atoms with Crippen molar-refractivity contribution in [1.82, 2.24) is 19.5 Å². The molecule has 2 N–H and O–H groups in total. The minimum Gasteiger partial charge on any atom is -0.463 e. The molecule has 10 nitrogen and oxygen atoms in total. The van der Waals surface area contributed by atoms with E-state index >= 15 is 0 Å². The number of rotatable bonds is 10. The van der Waals surface area contributed by atoms with Gasteiger partial charge in [-0.25, -0.2) is 4.98 Å². The summed E-state index contributed by atoms with van der Waals surface area (Å²) in [4.78, 5) is 13.9. The molecule has 1 aliphatic rings. The first kappa shape index (κ1) is 34.6. The van der Waals surface area contributed by atoms with Crippen LogP contribution in [0.4, 0.5) is 5.82 Å². The summed E-state index contributed by atoms with van der Waals surface area (Å²) in [6, 6.07) is 7.84. The molecule has 0 unspecified atom stereocenters. The summed E-state index contributed by atoms with van der Waals surface area (Å²) in [5.74, 6) is 0.234. The van der Waals surface area contributed by atoms with E-state index in [4.69, 9.17) is 46.0 Å². The molecule has 0 radical (unpaired) electrons. The van der Waals surface area contributed by atoms with Gasteiger partial charge in [0.1, 0.15) is 18.3 Å². The van der Waals surface area contributed by atoms with E-state index in [9.17, 15) is 0 Å². The Hall–Kier alpha value is -2.28. The van der Waals surface area contributed by atoms with Crippen molar-refractivity contribution < 1.29 is 23.7 Å². The van der Waals surface area contributed by atoms with Crippen molar-refractivity contribution in [2.75, 3.05) is 18.9 Å². The molecule has 3 heterocycles. The topological polar surface area (TPSA) is 116 Å². The summed E-state index contributed by atoms with van der Waals surface area (Å²) in [5.41, 5.74) is 7.20. The van der Waals surface area contributed by atoms with E-state index in [0.29, 0.717) is 35.8 Å². The van der Waals surface area contributed by atoms with Gasteiger partial charge in [0.15, 0.2) is 22.3 Å². The SMILES string of the molecule is C[SiH](C)[C@@]1(n2cnc3c(N)nc(OCCc4ccc(Cl)cc4)nc32)O[C@H](COC(C)(C)C)[C@@H](OC(C)(C)C)[C@H]1OC(C)(C)C. The zero-order chi connectivity index (χ0) is 32.7. The molecule has 12 heteroatoms. The highest BCUT2D eigenvalue weighted by atomic mass is 35.5. The van der Waals surface area contributed by atoms with E-state index in [1.54, 1.807) is 6.33 Å². The Labute approximate surface area is 268 Å². The molecule has 0 amide bonds. The fraction of sp³-hybridized carbons (Fsp3) is 0.656. The van der Waals surface area contributed by atoms with Crippen LogP contribution in [0.5, 0.6) is 6.01 Å². The van der Waals surface area contributed by atoms with Crippen molar-refractivity contribution in [2.24, 2.45) is 0 Å². The second kappa shape index (κ2) is 12.8. The molecular formula is C32H50ClN5O5Si. The first-order valence-corrected chi connectivity index (χ1v) is 18.6. The number of hydrogen-bond donors (Lipinski definition) is 1. The Morgan fingerprint density at radius 1 is 0.955 bits per heavy atom. The number of benzene rings is 1. The van der Waals surface area contributed by atoms with Gasteiger partial charge in [-0.1, -0.05) is 36.8 Å². The molecule has 0 bridgehead atoms. The summed E-state index contributed by atoms with van der Waals surface area (Å²) in [6.07, 6.45) is 1.05. The number of nitrogens with two attached hydrogens (primary N) is 1. The Morgan fingerprint density at radius 3 is 2.16 bits per heavy atom. The summed E-state index contributed by atoms with van der Waals surface area (Å²) in [7, 11) is -1.83. The number of nitrogens with zero attached hydrogens (tertiary/aromatic N) is 4. The fourth-order valence-corrected chi connectivity index (χ4v) is 7.65. The van der Waals surface area contributed by atoms with Gasteiger partial charge < -0.3 is 29.4 Å². The highest BCUT2D eigenvalue weighted by Crippen LogP contribution is 2.45. The first-order valence-electron chi connectivity index (χ1n) is 15.3. The molecule has 4 rings (SSSR count). The average Bonchev–Trinajstić information content (AvgIpc) is 3.42. The molecule has 244 valence electrons. The maximum absolute atomic E-state index is 7.16. The number of nitrogen functional groups attached to an aromatic ring is 1. The van der Waals surface area contributed by atoms with Crippen LogP contribution in [0.1, 0.15) is 67.9 Å². The van der Waals surface area contributed by atoms with Crippen LogP contribution in [0.2, 0.25) is 18.1 Å². The van der Waals surface area contributed by atoms with E-state index in [2.05, 4.69) is 23.1 Å². The van der Waals surface area contributed by atoms with Gasteiger partial charge in [-0.05, 0) is 80.0 Å². The monoisotopic (exact) mass is 647 g/mol. The number of ether oxygens (including phenoxy) is 5. The number of imidazole rings is 1. The van der Waals surface area contributed by atoms with Crippen LogP contribution in [0.3, 0.4) is 0 Å². The quantitative estimate of drug-likeness (QED) is 0.267. The number of fused-ring (bicyclic) bond motifs is 1. The lowest BCUT2D eigenvalue weighted by atomic mass is 10.1. The third-order valence-electron chi connectivity index (χ3n) is 7.20. The maximum atomic E-state index is 7.16. The Bertz CT molecular complexity index is 1410. The Kier molecular flexibility index (Phi) is 10.1. The lowest BCUT2D eigenvalue weighted by Crippen LogP contribution is -2.58. The molecule has 1 aliphatic heterocycles. The maximum Gasteiger partial charge on any atom is 0.320 e. The third-order valence-corrected chi connectivity index (χ3v) is 9.85. The number of aromatic nitrogens is 4. The van der Waals surface area contributed by atoms with E-state index in [1.807, 2.05) is 91.1 Å². The van der Waals surface area contributed by atoms with E-state index < -0.39 is 43.7 Å². The number of anilines is 1. The molecule has 3 aromatic rings. The van der Waals surface area contributed by atoms with Crippen molar-refractivity contribution in [3.63, 3.8) is 0 Å². The molecule has 0 saturated carbocycles.